The van der Waals surface area contributed by atoms with Crippen molar-refractivity contribution in [2.75, 3.05) is 35.5 Å². The second kappa shape index (κ2) is 11.3. The minimum absolute atomic E-state index is 0.0592. The summed E-state index contributed by atoms with van der Waals surface area (Å²) in [6.45, 7) is 0. The normalized spacial score (nSPS) is 10.8. The minimum Gasteiger partial charge on any atom is -0.504 e. The summed E-state index contributed by atoms with van der Waals surface area (Å²) < 4.78 is 32.3. The van der Waals surface area contributed by atoms with Crippen LogP contribution in [-0.2, 0) is 6.42 Å². The first-order valence-electron chi connectivity index (χ1n) is 11.8. The van der Waals surface area contributed by atoms with Gasteiger partial charge in [0, 0.05) is 18.1 Å². The number of phenolic OH excluding ortho intramolecular Hbond substituents is 2. The minimum atomic E-state index is -0.634. The number of Topliss-reactive ketones (excluding diaryl/α,β-unsaturated/α-hetero) is 1. The lowest BCUT2D eigenvalue weighted by atomic mass is 9.98. The maximum Gasteiger partial charge on any atom is 0.204 e. The molecule has 3 aromatic carbocycles. The standard InChI is InChI=1S/C29H28O10/c1-34-19-10-7-15(12-22(19)36-3)6-9-17(30)24-26(32)29(38-5)27(33)25-18(31)14-21(39-28(24)25)16-8-11-20(35-2)23(13-16)37-4/h7-8,10-14,32-33H,6,9H2,1-5H3. The smallest absolute Gasteiger partial charge is 0.204 e. The van der Waals surface area contributed by atoms with Gasteiger partial charge in [-0.25, -0.2) is 0 Å². The molecule has 0 radical (unpaired) electrons. The zero-order valence-corrected chi connectivity index (χ0v) is 22.1. The number of carbonyl (C=O) groups is 1. The summed E-state index contributed by atoms with van der Waals surface area (Å²) in [5, 5.41) is 21.4. The average Bonchev–Trinajstić information content (AvgIpc) is 2.95. The van der Waals surface area contributed by atoms with Crippen LogP contribution in [0.25, 0.3) is 22.3 Å². The van der Waals surface area contributed by atoms with E-state index in [-0.39, 0.29) is 35.1 Å². The highest BCUT2D eigenvalue weighted by molar-refractivity contribution is 6.11. The number of benzene rings is 3. The van der Waals surface area contributed by atoms with Crippen molar-refractivity contribution in [3.8, 4) is 51.6 Å². The van der Waals surface area contributed by atoms with Gasteiger partial charge < -0.3 is 38.3 Å². The Balaban J connectivity index is 1.83. The van der Waals surface area contributed by atoms with Crippen molar-refractivity contribution in [2.45, 2.75) is 12.8 Å². The number of aromatic hydroxyl groups is 2. The van der Waals surface area contributed by atoms with Crippen LogP contribution in [0.3, 0.4) is 0 Å². The quantitative estimate of drug-likeness (QED) is 0.274. The fourth-order valence-corrected chi connectivity index (χ4v) is 4.34. The van der Waals surface area contributed by atoms with Gasteiger partial charge in [-0.1, -0.05) is 6.07 Å². The van der Waals surface area contributed by atoms with E-state index in [0.717, 1.165) is 5.56 Å². The largest absolute Gasteiger partial charge is 0.504 e. The lowest BCUT2D eigenvalue weighted by Crippen LogP contribution is -2.09. The molecule has 2 N–H and O–H groups in total. The topological polar surface area (TPSA) is 134 Å². The second-order valence-corrected chi connectivity index (χ2v) is 8.47. The molecule has 0 aliphatic carbocycles. The monoisotopic (exact) mass is 536 g/mol. The molecule has 0 fully saturated rings. The first-order chi connectivity index (χ1) is 18.8. The van der Waals surface area contributed by atoms with Crippen molar-refractivity contribution >= 4 is 16.8 Å². The lowest BCUT2D eigenvalue weighted by molar-refractivity contribution is 0.0980. The van der Waals surface area contributed by atoms with Crippen LogP contribution < -0.4 is 29.1 Å². The number of hydrogen-bond acceptors (Lipinski definition) is 10. The van der Waals surface area contributed by atoms with Crippen molar-refractivity contribution in [2.24, 2.45) is 0 Å². The molecule has 0 saturated heterocycles. The molecule has 0 spiro atoms. The van der Waals surface area contributed by atoms with Gasteiger partial charge in [0.15, 0.2) is 51.3 Å². The lowest BCUT2D eigenvalue weighted by Gasteiger charge is -2.15. The number of aryl methyl sites for hydroxylation is 1. The summed E-state index contributed by atoms with van der Waals surface area (Å²) in [7, 11) is 7.20. The summed E-state index contributed by atoms with van der Waals surface area (Å²) in [5.41, 5.74) is 0.0545. The summed E-state index contributed by atoms with van der Waals surface area (Å²) in [4.78, 5) is 26.7. The Morgan fingerprint density at radius 3 is 2.00 bits per heavy atom. The van der Waals surface area contributed by atoms with Crippen molar-refractivity contribution in [3.05, 3.63) is 63.8 Å². The Kier molecular flexibility index (Phi) is 7.85. The van der Waals surface area contributed by atoms with E-state index in [2.05, 4.69) is 0 Å². The van der Waals surface area contributed by atoms with Gasteiger partial charge in [0.05, 0.1) is 35.5 Å². The molecule has 204 valence electrons. The van der Waals surface area contributed by atoms with E-state index >= 15 is 0 Å². The van der Waals surface area contributed by atoms with Gasteiger partial charge >= 0.3 is 0 Å². The van der Waals surface area contributed by atoms with Gasteiger partial charge in [-0.15, -0.1) is 0 Å². The number of ketones is 1. The van der Waals surface area contributed by atoms with E-state index in [1.54, 1.807) is 36.4 Å². The molecule has 0 atom stereocenters. The predicted molar refractivity (Wildman–Crippen MR) is 143 cm³/mol. The molecule has 1 heterocycles. The third kappa shape index (κ3) is 5.00. The zero-order valence-electron chi connectivity index (χ0n) is 22.1. The molecular formula is C29H28O10. The highest BCUT2D eigenvalue weighted by Gasteiger charge is 2.28. The number of fused-ring (bicyclic) bond motifs is 1. The maximum atomic E-state index is 13.5. The summed E-state index contributed by atoms with van der Waals surface area (Å²) in [6.07, 6.45) is 0.222. The molecular weight excluding hydrogens is 508 g/mol. The third-order valence-electron chi connectivity index (χ3n) is 6.32. The molecule has 4 rings (SSSR count). The molecule has 0 unspecified atom stereocenters. The number of ether oxygens (including phenoxy) is 5. The Labute approximate surface area is 223 Å². The van der Waals surface area contributed by atoms with Crippen molar-refractivity contribution in [1.82, 2.24) is 0 Å². The second-order valence-electron chi connectivity index (χ2n) is 8.47. The van der Waals surface area contributed by atoms with Crippen LogP contribution in [0.2, 0.25) is 0 Å². The fraction of sp³-hybridized carbons (Fsp3) is 0.241. The first-order valence-corrected chi connectivity index (χ1v) is 11.8. The Morgan fingerprint density at radius 2 is 1.38 bits per heavy atom. The van der Waals surface area contributed by atoms with Crippen LogP contribution in [0.5, 0.6) is 40.2 Å². The van der Waals surface area contributed by atoms with Crippen molar-refractivity contribution in [1.29, 1.82) is 0 Å². The molecule has 0 aliphatic heterocycles. The molecule has 10 nitrogen and oxygen atoms in total. The Morgan fingerprint density at radius 1 is 0.769 bits per heavy atom. The number of phenols is 2. The Hall–Kier alpha value is -4.86. The van der Waals surface area contributed by atoms with E-state index in [0.29, 0.717) is 28.6 Å². The number of carbonyl (C=O) groups excluding carboxylic acids is 1. The fourth-order valence-electron chi connectivity index (χ4n) is 4.34. The molecule has 10 heteroatoms. The summed E-state index contributed by atoms with van der Waals surface area (Å²) in [5.74, 6) is -0.189. The Bertz CT molecular complexity index is 1600. The van der Waals surface area contributed by atoms with Crippen molar-refractivity contribution in [3.63, 3.8) is 0 Å². The zero-order chi connectivity index (χ0) is 28.3. The van der Waals surface area contributed by atoms with E-state index in [1.165, 1.54) is 41.6 Å². The third-order valence-corrected chi connectivity index (χ3v) is 6.32. The van der Waals surface area contributed by atoms with Gasteiger partial charge in [0.25, 0.3) is 0 Å². The average molecular weight is 537 g/mol. The molecule has 4 aromatic rings. The van der Waals surface area contributed by atoms with Crippen LogP contribution in [0.15, 0.2) is 51.7 Å². The van der Waals surface area contributed by atoms with Crippen molar-refractivity contribution < 1.29 is 43.1 Å². The molecule has 0 amide bonds. The van der Waals surface area contributed by atoms with Gasteiger partial charge in [-0.05, 0) is 42.3 Å². The highest BCUT2D eigenvalue weighted by Crippen LogP contribution is 2.46. The van der Waals surface area contributed by atoms with Gasteiger partial charge in [0.2, 0.25) is 5.75 Å². The van der Waals surface area contributed by atoms with Crippen LogP contribution in [0, 0.1) is 0 Å². The molecule has 39 heavy (non-hydrogen) atoms. The maximum absolute atomic E-state index is 13.5. The first kappa shape index (κ1) is 27.2. The van der Waals surface area contributed by atoms with E-state index in [1.807, 2.05) is 0 Å². The van der Waals surface area contributed by atoms with Gasteiger partial charge in [-0.3, -0.25) is 9.59 Å². The molecule has 0 saturated carbocycles. The molecule has 1 aromatic heterocycles. The van der Waals surface area contributed by atoms with E-state index in [4.69, 9.17) is 28.1 Å². The number of hydrogen-bond donors (Lipinski definition) is 2. The van der Waals surface area contributed by atoms with Crippen LogP contribution in [0.1, 0.15) is 22.3 Å². The molecule has 0 bridgehead atoms. The van der Waals surface area contributed by atoms with E-state index < -0.39 is 28.5 Å². The number of methoxy groups -OCH3 is 5. The van der Waals surface area contributed by atoms with Crippen LogP contribution in [-0.4, -0.2) is 51.5 Å². The van der Waals surface area contributed by atoms with Crippen LogP contribution in [0.4, 0.5) is 0 Å². The summed E-state index contributed by atoms with van der Waals surface area (Å²) >= 11 is 0. The summed E-state index contributed by atoms with van der Waals surface area (Å²) in [6, 6.07) is 11.3. The predicted octanol–water partition coefficient (Wildman–Crippen LogP) is 4.73. The SMILES string of the molecule is COc1ccc(CCC(=O)c2c(O)c(OC)c(O)c3c(=O)cc(-c4ccc(OC)c(OC)c4)oc23)cc1OC. The van der Waals surface area contributed by atoms with Gasteiger partial charge in [0.1, 0.15) is 16.7 Å². The van der Waals surface area contributed by atoms with Crippen LogP contribution >= 0.6 is 0 Å². The van der Waals surface area contributed by atoms with E-state index in [9.17, 15) is 19.8 Å². The molecule has 0 aliphatic rings. The number of rotatable bonds is 10. The highest BCUT2D eigenvalue weighted by atomic mass is 16.5. The van der Waals surface area contributed by atoms with Gasteiger partial charge in [-0.2, -0.15) is 0 Å².